The van der Waals surface area contributed by atoms with E-state index < -0.39 is 17.2 Å². The van der Waals surface area contributed by atoms with Gasteiger partial charge in [0.2, 0.25) is 5.43 Å². The quantitative estimate of drug-likeness (QED) is 0.623. The zero-order valence-corrected chi connectivity index (χ0v) is 18.9. The zero-order chi connectivity index (χ0) is 23.4. The van der Waals surface area contributed by atoms with E-state index in [0.717, 1.165) is 38.3 Å². The third-order valence-electron chi connectivity index (χ3n) is 5.77. The summed E-state index contributed by atoms with van der Waals surface area (Å²) in [5.74, 6) is -1.59. The lowest BCUT2D eigenvalue weighted by Gasteiger charge is -2.35. The van der Waals surface area contributed by atoms with Crippen LogP contribution in [0.15, 0.2) is 17.1 Å². The molecule has 9 heteroatoms. The van der Waals surface area contributed by atoms with Crippen molar-refractivity contribution in [3.8, 4) is 5.75 Å². The largest absolute Gasteiger partial charge is 0.492 e. The SMILES string of the molecule is CCCCO.COc1c(N2CCN[C@@H](C)C2)c(F)cc2c(=O)c(C(=O)O)cn(C3CC3)c12. The van der Waals surface area contributed by atoms with Crippen molar-refractivity contribution >= 4 is 22.6 Å². The van der Waals surface area contributed by atoms with Crippen LogP contribution in [-0.4, -0.2) is 60.1 Å². The van der Waals surface area contributed by atoms with Gasteiger partial charge in [-0.25, -0.2) is 9.18 Å². The summed E-state index contributed by atoms with van der Waals surface area (Å²) in [5.41, 5.74) is -0.237. The lowest BCUT2D eigenvalue weighted by atomic mass is 10.1. The number of anilines is 1. The molecule has 0 amide bonds. The first kappa shape index (κ1) is 24.0. The van der Waals surface area contributed by atoms with Gasteiger partial charge in [0.1, 0.15) is 11.3 Å². The van der Waals surface area contributed by atoms with Crippen molar-refractivity contribution < 1.29 is 24.1 Å². The van der Waals surface area contributed by atoms with Crippen molar-refractivity contribution in [2.75, 3.05) is 38.3 Å². The number of aliphatic hydroxyl groups is 1. The number of piperazine rings is 1. The molecule has 0 bridgehead atoms. The summed E-state index contributed by atoms with van der Waals surface area (Å²) in [6.07, 6.45) is 5.18. The summed E-state index contributed by atoms with van der Waals surface area (Å²) < 4.78 is 22.5. The number of carboxylic acid groups (broad SMARTS) is 1. The van der Waals surface area contributed by atoms with Crippen LogP contribution in [0.25, 0.3) is 10.9 Å². The number of aromatic nitrogens is 1. The highest BCUT2D eigenvalue weighted by atomic mass is 19.1. The van der Waals surface area contributed by atoms with Crippen LogP contribution >= 0.6 is 0 Å². The molecule has 3 N–H and O–H groups in total. The number of hydrogen-bond acceptors (Lipinski definition) is 6. The Morgan fingerprint density at radius 2 is 2.09 bits per heavy atom. The number of carbonyl (C=O) groups is 1. The van der Waals surface area contributed by atoms with Gasteiger partial charge in [0.15, 0.2) is 11.6 Å². The fourth-order valence-corrected chi connectivity index (χ4v) is 4.02. The minimum atomic E-state index is -1.31. The maximum atomic E-state index is 15.1. The number of fused-ring (bicyclic) bond motifs is 1. The number of benzene rings is 1. The van der Waals surface area contributed by atoms with Gasteiger partial charge in [0.05, 0.1) is 18.0 Å². The third-order valence-corrected chi connectivity index (χ3v) is 5.77. The smallest absolute Gasteiger partial charge is 0.341 e. The summed E-state index contributed by atoms with van der Waals surface area (Å²) in [6, 6.07) is 1.45. The molecule has 176 valence electrons. The molecule has 1 aromatic carbocycles. The molecule has 2 aliphatic rings. The van der Waals surface area contributed by atoms with Gasteiger partial charge in [-0.2, -0.15) is 0 Å². The molecule has 4 rings (SSSR count). The van der Waals surface area contributed by atoms with E-state index in [2.05, 4.69) is 12.2 Å². The summed E-state index contributed by atoms with van der Waals surface area (Å²) in [4.78, 5) is 26.1. The number of aliphatic hydroxyl groups excluding tert-OH is 1. The molecule has 32 heavy (non-hydrogen) atoms. The van der Waals surface area contributed by atoms with Gasteiger partial charge in [-0.3, -0.25) is 4.79 Å². The fourth-order valence-electron chi connectivity index (χ4n) is 4.02. The Morgan fingerprint density at radius 3 is 2.59 bits per heavy atom. The average molecular weight is 450 g/mol. The Morgan fingerprint density at radius 1 is 1.38 bits per heavy atom. The molecular weight excluding hydrogens is 417 g/mol. The predicted molar refractivity (Wildman–Crippen MR) is 122 cm³/mol. The van der Waals surface area contributed by atoms with E-state index in [1.165, 1.54) is 13.3 Å². The summed E-state index contributed by atoms with van der Waals surface area (Å²) in [6.45, 7) is 6.36. The topological polar surface area (TPSA) is 104 Å². The number of methoxy groups -OCH3 is 1. The van der Waals surface area contributed by atoms with E-state index in [0.29, 0.717) is 36.6 Å². The number of halogens is 1. The van der Waals surface area contributed by atoms with Crippen molar-refractivity contribution in [3.63, 3.8) is 0 Å². The lowest BCUT2D eigenvalue weighted by molar-refractivity contribution is 0.0694. The van der Waals surface area contributed by atoms with E-state index in [4.69, 9.17) is 9.84 Å². The molecule has 1 aliphatic heterocycles. The Kier molecular flexibility index (Phi) is 7.73. The Bertz CT molecular complexity index is 1030. The number of ether oxygens (including phenoxy) is 1. The van der Waals surface area contributed by atoms with Crippen LogP contribution < -0.4 is 20.4 Å². The van der Waals surface area contributed by atoms with E-state index in [1.54, 1.807) is 4.57 Å². The Labute approximate surface area is 186 Å². The number of carboxylic acids is 1. The molecule has 2 heterocycles. The molecule has 1 saturated heterocycles. The minimum absolute atomic E-state index is 0.0445. The van der Waals surface area contributed by atoms with Crippen molar-refractivity contribution in [1.82, 2.24) is 9.88 Å². The van der Waals surface area contributed by atoms with E-state index in [-0.39, 0.29) is 23.0 Å². The summed E-state index contributed by atoms with van der Waals surface area (Å²) >= 11 is 0. The molecule has 8 nitrogen and oxygen atoms in total. The molecule has 0 spiro atoms. The van der Waals surface area contributed by atoms with Crippen LogP contribution in [-0.2, 0) is 0 Å². The van der Waals surface area contributed by atoms with Gasteiger partial charge < -0.3 is 29.7 Å². The normalized spacial score (nSPS) is 18.3. The van der Waals surface area contributed by atoms with Gasteiger partial charge in [-0.1, -0.05) is 13.3 Å². The standard InChI is InChI=1S/C19H22FN3O4.C4H10O/c1-10-8-22(6-5-21-10)16-14(20)7-12-15(18(16)27-2)23(11-3-4-11)9-13(17(12)24)19(25)26;1-2-3-4-5/h7,9-11,21H,3-6,8H2,1-2H3,(H,25,26);5H,2-4H2,1H3/t10-;/m0./s1. The number of nitrogens with one attached hydrogen (secondary N) is 1. The van der Waals surface area contributed by atoms with Crippen molar-refractivity contribution in [2.45, 2.75) is 51.6 Å². The zero-order valence-electron chi connectivity index (χ0n) is 18.9. The van der Waals surface area contributed by atoms with E-state index >= 15 is 4.39 Å². The molecule has 1 aliphatic carbocycles. The van der Waals surface area contributed by atoms with Crippen LogP contribution in [0.5, 0.6) is 5.75 Å². The first-order chi connectivity index (χ1) is 15.3. The van der Waals surface area contributed by atoms with Crippen molar-refractivity contribution in [1.29, 1.82) is 0 Å². The van der Waals surface area contributed by atoms with Gasteiger partial charge in [-0.05, 0) is 32.3 Å². The molecule has 0 radical (unpaired) electrons. The molecule has 1 aromatic heterocycles. The molecule has 0 unspecified atom stereocenters. The highest BCUT2D eigenvalue weighted by Crippen LogP contribution is 2.43. The molecule has 2 aromatic rings. The predicted octanol–water partition coefficient (Wildman–Crippen LogP) is 2.76. The average Bonchev–Trinajstić information content (AvgIpc) is 3.59. The second kappa shape index (κ2) is 10.3. The summed E-state index contributed by atoms with van der Waals surface area (Å²) in [7, 11) is 1.45. The maximum absolute atomic E-state index is 15.1. The number of unbranched alkanes of at least 4 members (excludes halogenated alkanes) is 1. The van der Waals surface area contributed by atoms with E-state index in [9.17, 15) is 14.7 Å². The Hall–Kier alpha value is -2.65. The number of hydrogen-bond donors (Lipinski definition) is 3. The van der Waals surface area contributed by atoms with Gasteiger partial charge in [0.25, 0.3) is 0 Å². The lowest BCUT2D eigenvalue weighted by Crippen LogP contribution is -2.49. The summed E-state index contributed by atoms with van der Waals surface area (Å²) in [5, 5.41) is 20.8. The Balaban J connectivity index is 0.000000523. The number of aromatic carboxylic acids is 1. The van der Waals surface area contributed by atoms with Crippen LogP contribution in [0.1, 0.15) is 55.9 Å². The number of rotatable bonds is 6. The third kappa shape index (κ3) is 4.88. The maximum Gasteiger partial charge on any atom is 0.341 e. The second-order valence-corrected chi connectivity index (χ2v) is 8.33. The van der Waals surface area contributed by atoms with Crippen molar-refractivity contribution in [2.24, 2.45) is 0 Å². The fraction of sp³-hybridized carbons (Fsp3) is 0.565. The first-order valence-electron chi connectivity index (χ1n) is 11.1. The van der Waals surface area contributed by atoms with Crippen molar-refractivity contribution in [3.05, 3.63) is 33.9 Å². The monoisotopic (exact) mass is 449 g/mol. The molecule has 1 saturated carbocycles. The minimum Gasteiger partial charge on any atom is -0.492 e. The van der Waals surface area contributed by atoms with Crippen LogP contribution in [0.2, 0.25) is 0 Å². The number of nitrogens with zero attached hydrogens (tertiary/aromatic N) is 2. The first-order valence-corrected chi connectivity index (χ1v) is 11.1. The second-order valence-electron chi connectivity index (χ2n) is 8.33. The van der Waals surface area contributed by atoms with Crippen LogP contribution in [0, 0.1) is 5.82 Å². The van der Waals surface area contributed by atoms with Crippen LogP contribution in [0.4, 0.5) is 10.1 Å². The van der Waals surface area contributed by atoms with E-state index in [1.807, 2.05) is 11.8 Å². The highest BCUT2D eigenvalue weighted by molar-refractivity contribution is 5.97. The van der Waals surface area contributed by atoms with Gasteiger partial charge in [-0.15, -0.1) is 0 Å². The highest BCUT2D eigenvalue weighted by Gasteiger charge is 2.32. The number of pyridine rings is 1. The molecule has 1 atom stereocenters. The molecular formula is C23H32FN3O5. The molecule has 2 fully saturated rings. The van der Waals surface area contributed by atoms with Gasteiger partial charge in [0, 0.05) is 44.5 Å². The van der Waals surface area contributed by atoms with Crippen LogP contribution in [0.3, 0.4) is 0 Å². The van der Waals surface area contributed by atoms with Gasteiger partial charge >= 0.3 is 5.97 Å².